The number of nitrogens with one attached hydrogen (secondary N) is 2. The number of hydrogen-bond acceptors (Lipinski definition) is 6. The smallest absolute Gasteiger partial charge is 0.249 e. The van der Waals surface area contributed by atoms with Crippen LogP contribution in [0, 0.1) is 11.8 Å². The fraction of sp³-hybridized carbons (Fsp3) is 0.686. The van der Waals surface area contributed by atoms with Crippen LogP contribution in [0.3, 0.4) is 0 Å². The summed E-state index contributed by atoms with van der Waals surface area (Å²) in [4.78, 5) is 58.4. The number of piperidine rings is 1. The molecule has 4 amide bonds. The second-order valence-electron chi connectivity index (χ2n) is 13.2. The molecular formula is C35H60N6O4. The van der Waals surface area contributed by atoms with E-state index in [1.807, 2.05) is 26.0 Å². The summed E-state index contributed by atoms with van der Waals surface area (Å²) < 4.78 is 0. The topological polar surface area (TPSA) is 115 Å². The van der Waals surface area contributed by atoms with Gasteiger partial charge >= 0.3 is 0 Å². The molecule has 0 radical (unpaired) electrons. The van der Waals surface area contributed by atoms with Crippen LogP contribution in [0.2, 0.25) is 0 Å². The first-order valence-electron chi connectivity index (χ1n) is 16.6. The molecule has 2 aliphatic rings. The van der Waals surface area contributed by atoms with Crippen LogP contribution in [0.25, 0.3) is 0 Å². The van der Waals surface area contributed by atoms with Crippen molar-refractivity contribution in [2.24, 2.45) is 11.8 Å². The summed E-state index contributed by atoms with van der Waals surface area (Å²) in [5, 5.41) is 5.28. The fourth-order valence-electron chi connectivity index (χ4n) is 5.25. The van der Waals surface area contributed by atoms with Crippen molar-refractivity contribution in [2.45, 2.75) is 112 Å². The highest BCUT2D eigenvalue weighted by Crippen LogP contribution is 2.22. The number of carbonyl (C=O) groups is 4. The monoisotopic (exact) mass is 628 g/mol. The number of likely N-dealkylation sites (N-methyl/N-ethyl adjacent to an activating group) is 1. The number of aromatic nitrogens is 1. The van der Waals surface area contributed by atoms with Gasteiger partial charge in [-0.05, 0) is 89.1 Å². The highest BCUT2D eigenvalue weighted by molar-refractivity contribution is 5.97. The van der Waals surface area contributed by atoms with Crippen LogP contribution in [0.1, 0.15) is 93.1 Å². The summed E-state index contributed by atoms with van der Waals surface area (Å²) in [5.41, 5.74) is 1.43. The van der Waals surface area contributed by atoms with Crippen LogP contribution < -0.4 is 10.6 Å². The summed E-state index contributed by atoms with van der Waals surface area (Å²) >= 11 is 0. The van der Waals surface area contributed by atoms with Crippen LogP contribution >= 0.6 is 0 Å². The minimum absolute atomic E-state index is 0.0565. The molecule has 0 saturated carbocycles. The normalized spacial score (nSPS) is 17.6. The highest BCUT2D eigenvalue weighted by Gasteiger charge is 2.35. The Kier molecular flexibility index (Phi) is 19.0. The highest BCUT2D eigenvalue weighted by atomic mass is 16.2. The largest absolute Gasteiger partial charge is 0.350 e. The van der Waals surface area contributed by atoms with Gasteiger partial charge in [-0.3, -0.25) is 24.2 Å². The Hall–Kier alpha value is -3.27. The lowest BCUT2D eigenvalue weighted by molar-refractivity contribution is -0.135. The summed E-state index contributed by atoms with van der Waals surface area (Å²) in [5.74, 6) is 0.264. The van der Waals surface area contributed by atoms with Crippen LogP contribution in [-0.4, -0.2) is 95.2 Å². The zero-order chi connectivity index (χ0) is 33.9. The van der Waals surface area contributed by atoms with E-state index in [4.69, 9.17) is 0 Å². The van der Waals surface area contributed by atoms with Gasteiger partial charge in [0.1, 0.15) is 6.04 Å². The Balaban J connectivity index is 0.000000644. The van der Waals surface area contributed by atoms with Crippen LogP contribution in [-0.2, 0) is 25.7 Å². The van der Waals surface area contributed by atoms with Crippen molar-refractivity contribution in [1.29, 1.82) is 0 Å². The zero-order valence-electron chi connectivity index (χ0n) is 29.3. The molecule has 1 aromatic heterocycles. The van der Waals surface area contributed by atoms with E-state index in [-0.39, 0.29) is 36.2 Å². The van der Waals surface area contributed by atoms with Gasteiger partial charge in [-0.2, -0.15) is 0 Å². The first kappa shape index (κ1) is 39.8. The lowest BCUT2D eigenvalue weighted by Crippen LogP contribution is -2.47. The van der Waals surface area contributed by atoms with Gasteiger partial charge in [0.15, 0.2) is 0 Å². The van der Waals surface area contributed by atoms with E-state index in [0.29, 0.717) is 31.5 Å². The minimum atomic E-state index is -0.513. The molecule has 254 valence electrons. The molecule has 1 aromatic rings. The second-order valence-corrected chi connectivity index (χ2v) is 13.2. The molecule has 0 aromatic carbocycles. The number of carbonyl (C=O) groups excluding carboxylic acids is 4. The Morgan fingerprint density at radius 1 is 0.978 bits per heavy atom. The van der Waals surface area contributed by atoms with E-state index in [0.717, 1.165) is 23.9 Å². The van der Waals surface area contributed by atoms with Gasteiger partial charge in [-0.25, -0.2) is 0 Å². The first-order valence-corrected chi connectivity index (χ1v) is 16.6. The fourth-order valence-corrected chi connectivity index (χ4v) is 5.25. The number of hydrogen-bond donors (Lipinski definition) is 2. The molecule has 45 heavy (non-hydrogen) atoms. The lowest BCUT2D eigenvalue weighted by Gasteiger charge is -2.30. The van der Waals surface area contributed by atoms with Crippen molar-refractivity contribution in [3.63, 3.8) is 0 Å². The van der Waals surface area contributed by atoms with Crippen molar-refractivity contribution < 1.29 is 19.2 Å². The molecule has 0 bridgehead atoms. The van der Waals surface area contributed by atoms with E-state index in [1.54, 1.807) is 37.3 Å². The number of amides is 4. The molecule has 0 aliphatic carbocycles. The van der Waals surface area contributed by atoms with Crippen molar-refractivity contribution in [3.05, 3.63) is 41.7 Å². The molecule has 2 aliphatic heterocycles. The van der Waals surface area contributed by atoms with Crippen LogP contribution in [0.15, 0.2) is 36.2 Å². The standard InChI is InChI=1S/C23H33N5O4.C8H17N.C4H10/c1-16(2)20(27(4)21(30)14-25-15-29)12-17(3)23(32)28-11-5-6-19(28)22(31)26-13-18-7-9-24-10-8-18;1-8(2)9-6-4-3-5-7-9;1-4(2)3/h7-10,12,15-16,19-20H,5-6,11,13-14H2,1-4H3,(H,25,29)(H,26,31);8H,3-7H2,1-2H3;4H,1-3H3/b17-12+;;/t19-,20?;;/m0../s1. The van der Waals surface area contributed by atoms with Gasteiger partial charge in [0, 0.05) is 44.1 Å². The summed E-state index contributed by atoms with van der Waals surface area (Å²) in [6.45, 7) is 20.2. The maximum Gasteiger partial charge on any atom is 0.249 e. The maximum absolute atomic E-state index is 13.2. The molecule has 10 nitrogen and oxygen atoms in total. The number of likely N-dealkylation sites (tertiary alicyclic amines) is 2. The molecule has 1 unspecified atom stereocenters. The lowest BCUT2D eigenvalue weighted by atomic mass is 9.99. The summed E-state index contributed by atoms with van der Waals surface area (Å²) in [7, 11) is 1.65. The van der Waals surface area contributed by atoms with E-state index >= 15 is 0 Å². The van der Waals surface area contributed by atoms with Crippen LogP contribution in [0.4, 0.5) is 0 Å². The molecular weight excluding hydrogens is 568 g/mol. The molecule has 2 saturated heterocycles. The summed E-state index contributed by atoms with van der Waals surface area (Å²) in [6.07, 6.45) is 11.2. The van der Waals surface area contributed by atoms with Crippen molar-refractivity contribution in [2.75, 3.05) is 33.2 Å². The van der Waals surface area contributed by atoms with Crippen molar-refractivity contribution in [3.8, 4) is 0 Å². The molecule has 3 heterocycles. The van der Waals surface area contributed by atoms with E-state index in [2.05, 4.69) is 55.1 Å². The average molecular weight is 629 g/mol. The first-order chi connectivity index (χ1) is 21.3. The van der Waals surface area contributed by atoms with Gasteiger partial charge in [0.05, 0.1) is 12.6 Å². The maximum atomic E-state index is 13.2. The molecule has 0 spiro atoms. The average Bonchev–Trinajstić information content (AvgIpc) is 3.51. The zero-order valence-corrected chi connectivity index (χ0v) is 29.3. The quantitative estimate of drug-likeness (QED) is 0.277. The van der Waals surface area contributed by atoms with Gasteiger partial charge in [0.25, 0.3) is 0 Å². The predicted octanol–water partition coefficient (Wildman–Crippen LogP) is 4.41. The Morgan fingerprint density at radius 3 is 2.09 bits per heavy atom. The molecule has 3 rings (SSSR count). The number of nitrogens with zero attached hydrogens (tertiary/aromatic N) is 4. The molecule has 10 heteroatoms. The van der Waals surface area contributed by atoms with Gasteiger partial charge in [-0.1, -0.05) is 47.1 Å². The van der Waals surface area contributed by atoms with Crippen LogP contribution in [0.5, 0.6) is 0 Å². The number of pyridine rings is 1. The third-order valence-corrected chi connectivity index (χ3v) is 7.77. The Bertz CT molecular complexity index is 1050. The van der Waals surface area contributed by atoms with Gasteiger partial charge in [0.2, 0.25) is 24.1 Å². The molecule has 2 atom stereocenters. The number of rotatable bonds is 11. The molecule has 2 N–H and O–H groups in total. The van der Waals surface area contributed by atoms with Crippen molar-refractivity contribution in [1.82, 2.24) is 30.3 Å². The third-order valence-electron chi connectivity index (χ3n) is 7.77. The summed E-state index contributed by atoms with van der Waals surface area (Å²) in [6, 6.07) is 3.60. The van der Waals surface area contributed by atoms with Gasteiger partial charge in [-0.15, -0.1) is 0 Å². The minimum Gasteiger partial charge on any atom is -0.350 e. The third kappa shape index (κ3) is 15.0. The van der Waals surface area contributed by atoms with Crippen molar-refractivity contribution >= 4 is 24.1 Å². The second kappa shape index (κ2) is 21.5. The SMILES string of the molecule is C/C(=C\C(C(C)C)N(C)C(=O)CNC=O)C(=O)N1CCC[C@H]1C(=O)NCc1ccncc1.CC(C)C.CC(C)N1CCCCC1. The van der Waals surface area contributed by atoms with E-state index in [9.17, 15) is 19.2 Å². The predicted molar refractivity (Wildman–Crippen MR) is 181 cm³/mol. The molecule has 2 fully saturated rings. The Labute approximate surface area is 272 Å². The van der Waals surface area contributed by atoms with Gasteiger partial charge < -0.3 is 25.3 Å². The van der Waals surface area contributed by atoms with E-state index in [1.165, 1.54) is 37.3 Å². The van der Waals surface area contributed by atoms with E-state index < -0.39 is 6.04 Å². The Morgan fingerprint density at radius 2 is 1.58 bits per heavy atom.